The van der Waals surface area contributed by atoms with Gasteiger partial charge >= 0.3 is 0 Å². The van der Waals surface area contributed by atoms with Crippen molar-refractivity contribution in [2.45, 2.75) is 19.8 Å². The highest BCUT2D eigenvalue weighted by Gasteiger charge is 2.34. The lowest BCUT2D eigenvalue weighted by Gasteiger charge is -2.10. The minimum absolute atomic E-state index is 0.0104. The largest absolute Gasteiger partial charge is 0.309 e. The van der Waals surface area contributed by atoms with Gasteiger partial charge in [-0.3, -0.25) is 9.78 Å². The van der Waals surface area contributed by atoms with Crippen molar-refractivity contribution in [3.05, 3.63) is 18.1 Å². The van der Waals surface area contributed by atoms with E-state index < -0.39 is 0 Å². The highest BCUT2D eigenvalue weighted by molar-refractivity contribution is 6.01. The van der Waals surface area contributed by atoms with Crippen LogP contribution >= 0.6 is 0 Å². The Bertz CT molecular complexity index is 348. The van der Waals surface area contributed by atoms with Gasteiger partial charge in [0.2, 0.25) is 5.91 Å². The summed E-state index contributed by atoms with van der Waals surface area (Å²) in [7, 11) is 0. The van der Waals surface area contributed by atoms with E-state index in [0.717, 1.165) is 5.69 Å². The van der Waals surface area contributed by atoms with Gasteiger partial charge < -0.3 is 5.32 Å². The third-order valence-corrected chi connectivity index (χ3v) is 2.21. The third-order valence-electron chi connectivity index (χ3n) is 2.21. The molecule has 68 valence electrons. The second-order valence-electron chi connectivity index (χ2n) is 3.50. The molecule has 0 fully saturated rings. The lowest BCUT2D eigenvalue weighted by atomic mass is 9.94. The molecule has 2 rings (SSSR count). The van der Waals surface area contributed by atoms with Crippen molar-refractivity contribution in [3.8, 4) is 0 Å². The summed E-state index contributed by atoms with van der Waals surface area (Å²) in [6.45, 7) is 4.02. The van der Waals surface area contributed by atoms with E-state index in [1.54, 1.807) is 12.4 Å². The summed E-state index contributed by atoms with van der Waals surface area (Å²) >= 11 is 0. The number of rotatable bonds is 1. The molecular formula is C9H11N3O. The number of nitrogens with one attached hydrogen (secondary N) is 1. The molecule has 2 heterocycles. The first kappa shape index (κ1) is 8.16. The van der Waals surface area contributed by atoms with E-state index in [-0.39, 0.29) is 17.7 Å². The molecule has 1 N–H and O–H groups in total. The Kier molecular flexibility index (Phi) is 1.76. The first-order valence-corrected chi connectivity index (χ1v) is 4.32. The Hall–Kier alpha value is -1.45. The number of carbonyl (C=O) groups is 1. The maximum atomic E-state index is 11.5. The van der Waals surface area contributed by atoms with Crippen LogP contribution in [0.1, 0.15) is 25.5 Å². The van der Waals surface area contributed by atoms with Crippen LogP contribution in [0.15, 0.2) is 12.4 Å². The number of nitrogens with zero attached hydrogens (tertiary/aromatic N) is 2. The van der Waals surface area contributed by atoms with Crippen molar-refractivity contribution >= 4 is 11.7 Å². The van der Waals surface area contributed by atoms with Crippen molar-refractivity contribution in [2.75, 3.05) is 5.32 Å². The van der Waals surface area contributed by atoms with E-state index in [2.05, 4.69) is 15.3 Å². The quantitative estimate of drug-likeness (QED) is 0.700. The average Bonchev–Trinajstić information content (AvgIpc) is 2.39. The molecule has 0 aromatic carbocycles. The van der Waals surface area contributed by atoms with Crippen molar-refractivity contribution in [1.29, 1.82) is 0 Å². The predicted molar refractivity (Wildman–Crippen MR) is 48.2 cm³/mol. The summed E-state index contributed by atoms with van der Waals surface area (Å²) in [5.41, 5.74) is 0.780. The zero-order valence-electron chi connectivity index (χ0n) is 7.61. The maximum Gasteiger partial charge on any atom is 0.235 e. The highest BCUT2D eigenvalue weighted by atomic mass is 16.2. The van der Waals surface area contributed by atoms with Gasteiger partial charge in [-0.05, 0) is 5.92 Å². The molecule has 0 saturated carbocycles. The molecule has 13 heavy (non-hydrogen) atoms. The molecule has 0 aliphatic carbocycles. The van der Waals surface area contributed by atoms with Crippen molar-refractivity contribution in [3.63, 3.8) is 0 Å². The van der Waals surface area contributed by atoms with E-state index in [0.29, 0.717) is 5.82 Å². The van der Waals surface area contributed by atoms with Gasteiger partial charge in [-0.15, -0.1) is 0 Å². The Labute approximate surface area is 76.4 Å². The van der Waals surface area contributed by atoms with Gasteiger partial charge in [0, 0.05) is 12.4 Å². The van der Waals surface area contributed by atoms with Gasteiger partial charge in [0.1, 0.15) is 0 Å². The topological polar surface area (TPSA) is 54.9 Å². The molecule has 1 atom stereocenters. The molecule has 4 heteroatoms. The Morgan fingerprint density at radius 3 is 2.77 bits per heavy atom. The Morgan fingerprint density at radius 2 is 2.08 bits per heavy atom. The molecule has 1 aromatic rings. The molecule has 1 aliphatic heterocycles. The number of hydrogen-bond donors (Lipinski definition) is 1. The standard InChI is InChI=1S/C9H11N3O/c1-5(2)6-7-8(12-9(6)13)11-4-3-10-7/h3-6H,1-2H3,(H,11,12,13). The summed E-state index contributed by atoms with van der Waals surface area (Å²) in [6, 6.07) is 0. The van der Waals surface area contributed by atoms with Gasteiger partial charge in [0.05, 0.1) is 11.6 Å². The van der Waals surface area contributed by atoms with Crippen LogP contribution in [-0.2, 0) is 4.79 Å². The normalized spacial score (nSPS) is 20.2. The second-order valence-corrected chi connectivity index (χ2v) is 3.50. The summed E-state index contributed by atoms with van der Waals surface area (Å²) in [5.74, 6) is 0.754. The molecule has 0 radical (unpaired) electrons. The number of amides is 1. The molecule has 1 unspecified atom stereocenters. The molecule has 1 aliphatic rings. The molecule has 1 aromatic heterocycles. The van der Waals surface area contributed by atoms with Crippen molar-refractivity contribution in [2.24, 2.45) is 5.92 Å². The number of aromatic nitrogens is 2. The zero-order chi connectivity index (χ0) is 9.42. The zero-order valence-corrected chi connectivity index (χ0v) is 7.61. The monoisotopic (exact) mass is 177 g/mol. The summed E-state index contributed by atoms with van der Waals surface area (Å²) < 4.78 is 0. The van der Waals surface area contributed by atoms with Gasteiger partial charge in [-0.25, -0.2) is 4.98 Å². The molecule has 0 bridgehead atoms. The number of anilines is 1. The summed E-state index contributed by atoms with van der Waals surface area (Å²) in [4.78, 5) is 19.7. The van der Waals surface area contributed by atoms with Crippen molar-refractivity contribution in [1.82, 2.24) is 9.97 Å². The Morgan fingerprint density at radius 1 is 1.38 bits per heavy atom. The molecule has 0 spiro atoms. The van der Waals surface area contributed by atoms with E-state index >= 15 is 0 Å². The fraction of sp³-hybridized carbons (Fsp3) is 0.444. The smallest absolute Gasteiger partial charge is 0.235 e. The fourth-order valence-electron chi connectivity index (χ4n) is 1.61. The minimum Gasteiger partial charge on any atom is -0.309 e. The number of fused-ring (bicyclic) bond motifs is 1. The van der Waals surface area contributed by atoms with Crippen LogP contribution in [0, 0.1) is 5.92 Å². The molecule has 0 saturated heterocycles. The third kappa shape index (κ3) is 1.18. The van der Waals surface area contributed by atoms with Crippen LogP contribution in [0.5, 0.6) is 0 Å². The van der Waals surface area contributed by atoms with Crippen LogP contribution in [0.3, 0.4) is 0 Å². The van der Waals surface area contributed by atoms with Gasteiger partial charge in [0.25, 0.3) is 0 Å². The summed E-state index contributed by atoms with van der Waals surface area (Å²) in [5, 5.41) is 2.72. The fourth-order valence-corrected chi connectivity index (χ4v) is 1.61. The Balaban J connectivity index is 2.46. The average molecular weight is 177 g/mol. The first-order chi connectivity index (χ1) is 6.20. The maximum absolute atomic E-state index is 11.5. The van der Waals surface area contributed by atoms with Crippen LogP contribution in [-0.4, -0.2) is 15.9 Å². The van der Waals surface area contributed by atoms with Crippen molar-refractivity contribution < 1.29 is 4.79 Å². The molecule has 4 nitrogen and oxygen atoms in total. The van der Waals surface area contributed by atoms with Crippen LogP contribution in [0.25, 0.3) is 0 Å². The lowest BCUT2D eigenvalue weighted by Crippen LogP contribution is -2.17. The molecule has 1 amide bonds. The van der Waals surface area contributed by atoms with E-state index in [1.165, 1.54) is 0 Å². The predicted octanol–water partition coefficient (Wildman–Crippen LogP) is 1.17. The first-order valence-electron chi connectivity index (χ1n) is 4.32. The minimum atomic E-state index is -0.135. The second kappa shape index (κ2) is 2.80. The van der Waals surface area contributed by atoms with Gasteiger partial charge in [-0.2, -0.15) is 0 Å². The number of hydrogen-bond acceptors (Lipinski definition) is 3. The molecular weight excluding hydrogens is 166 g/mol. The highest BCUT2D eigenvalue weighted by Crippen LogP contribution is 2.33. The van der Waals surface area contributed by atoms with E-state index in [9.17, 15) is 4.79 Å². The van der Waals surface area contributed by atoms with Gasteiger partial charge in [0.15, 0.2) is 5.82 Å². The van der Waals surface area contributed by atoms with E-state index in [4.69, 9.17) is 0 Å². The van der Waals surface area contributed by atoms with Crippen LogP contribution < -0.4 is 5.32 Å². The van der Waals surface area contributed by atoms with Gasteiger partial charge in [-0.1, -0.05) is 13.8 Å². The van der Waals surface area contributed by atoms with Crippen LogP contribution in [0.2, 0.25) is 0 Å². The summed E-state index contributed by atoms with van der Waals surface area (Å²) in [6.07, 6.45) is 3.20. The van der Waals surface area contributed by atoms with Crippen LogP contribution in [0.4, 0.5) is 5.82 Å². The SMILES string of the molecule is CC(C)C1C(=O)Nc2nccnc21. The lowest BCUT2D eigenvalue weighted by molar-refractivity contribution is -0.117. The number of carbonyl (C=O) groups excluding carboxylic acids is 1. The van der Waals surface area contributed by atoms with E-state index in [1.807, 2.05) is 13.8 Å².